The molecule has 0 aliphatic carbocycles. The molecule has 0 radical (unpaired) electrons. The monoisotopic (exact) mass is 659 g/mol. The molecule has 0 spiro atoms. The van der Waals surface area contributed by atoms with Crippen LogP contribution in [0, 0.1) is 0 Å². The average molecular weight is 660 g/mol. The van der Waals surface area contributed by atoms with Crippen LogP contribution in [0.5, 0.6) is 0 Å². The zero-order valence-electron chi connectivity index (χ0n) is 26.9. The van der Waals surface area contributed by atoms with Crippen LogP contribution >= 0.6 is 11.3 Å². The molecule has 1 aliphatic rings. The molecule has 2 aromatic heterocycles. The molecule has 10 rings (SSSR count). The number of nitrogens with one attached hydrogen (secondary N) is 1. The van der Waals surface area contributed by atoms with E-state index >= 15 is 0 Å². The normalized spacial score (nSPS) is 14.6. The molecule has 0 saturated heterocycles. The van der Waals surface area contributed by atoms with Gasteiger partial charge in [-0.2, -0.15) is 0 Å². The first kappa shape index (κ1) is 28.7. The van der Waals surface area contributed by atoms with Crippen LogP contribution < -0.4 is 5.32 Å². The third kappa shape index (κ3) is 4.82. The number of aliphatic imine (C=N–C) groups is 2. The highest BCUT2D eigenvalue weighted by atomic mass is 32.1. The first-order valence-corrected chi connectivity index (χ1v) is 17.6. The minimum absolute atomic E-state index is 0.479. The topological polar surface area (TPSA) is 49.9 Å². The molecule has 0 amide bonds. The molecule has 0 bridgehead atoms. The Balaban J connectivity index is 1.14. The SMILES string of the molecule is c1ccc(-c2cccc(C3=NC(c4ccc5c(c4)oc4cccc(-c6ccccc6)c45)N=C(c4cccc5sc6ccccc6c45)N3)c2)cc1. The second kappa shape index (κ2) is 11.7. The van der Waals surface area contributed by atoms with E-state index in [-0.39, 0.29) is 0 Å². The van der Waals surface area contributed by atoms with E-state index in [4.69, 9.17) is 14.4 Å². The summed E-state index contributed by atoms with van der Waals surface area (Å²) >= 11 is 1.81. The molecule has 50 heavy (non-hydrogen) atoms. The summed E-state index contributed by atoms with van der Waals surface area (Å²) in [4.78, 5) is 10.6. The minimum Gasteiger partial charge on any atom is -0.456 e. The lowest BCUT2D eigenvalue weighted by atomic mass is 9.99. The minimum atomic E-state index is -0.479. The largest absolute Gasteiger partial charge is 0.456 e. The van der Waals surface area contributed by atoms with Gasteiger partial charge in [0.15, 0.2) is 6.17 Å². The number of furan rings is 1. The Morgan fingerprint density at radius 2 is 1.14 bits per heavy atom. The van der Waals surface area contributed by atoms with Crippen LogP contribution in [-0.4, -0.2) is 11.7 Å². The Bertz CT molecular complexity index is 2790. The lowest BCUT2D eigenvalue weighted by Crippen LogP contribution is -2.36. The van der Waals surface area contributed by atoms with E-state index in [1.54, 1.807) is 0 Å². The molecule has 9 aromatic rings. The van der Waals surface area contributed by atoms with Gasteiger partial charge in [-0.15, -0.1) is 11.3 Å². The van der Waals surface area contributed by atoms with Crippen LogP contribution in [0.15, 0.2) is 178 Å². The highest BCUT2D eigenvalue weighted by Gasteiger charge is 2.24. The number of hydrogen-bond donors (Lipinski definition) is 1. The van der Waals surface area contributed by atoms with Gasteiger partial charge in [-0.3, -0.25) is 0 Å². The van der Waals surface area contributed by atoms with Gasteiger partial charge in [-0.1, -0.05) is 133 Å². The fraction of sp³-hybridized carbons (Fsp3) is 0.0222. The van der Waals surface area contributed by atoms with Crippen LogP contribution in [0.2, 0.25) is 0 Å². The van der Waals surface area contributed by atoms with Gasteiger partial charge in [0.05, 0.1) is 0 Å². The molecular weight excluding hydrogens is 631 g/mol. The quantitative estimate of drug-likeness (QED) is 0.200. The average Bonchev–Trinajstić information content (AvgIpc) is 3.77. The fourth-order valence-corrected chi connectivity index (χ4v) is 8.32. The standard InChI is InChI=1S/C45H29N3OS/c1-3-12-28(13-4-1)30-16-9-17-31(26-30)43-46-44(48-45(47-43)36-20-11-23-40-42(36)35-18-7-8-22-39(35)50-40)32-24-25-34-38(27-32)49-37-21-10-19-33(41(34)37)29-14-5-2-6-15-29/h1-27,44H,(H,46,47,48). The Morgan fingerprint density at radius 1 is 0.460 bits per heavy atom. The first-order valence-electron chi connectivity index (χ1n) is 16.8. The van der Waals surface area contributed by atoms with E-state index in [9.17, 15) is 0 Å². The lowest BCUT2D eigenvalue weighted by molar-refractivity contribution is 0.665. The molecule has 0 fully saturated rings. The van der Waals surface area contributed by atoms with Crippen molar-refractivity contribution in [2.24, 2.45) is 9.98 Å². The Kier molecular flexibility index (Phi) is 6.71. The summed E-state index contributed by atoms with van der Waals surface area (Å²) in [5.74, 6) is 1.58. The molecule has 1 N–H and O–H groups in total. The van der Waals surface area contributed by atoms with Crippen molar-refractivity contribution in [3.05, 3.63) is 180 Å². The predicted molar refractivity (Wildman–Crippen MR) is 209 cm³/mol. The molecule has 1 aliphatic heterocycles. The van der Waals surface area contributed by atoms with Gasteiger partial charge in [-0.05, 0) is 52.6 Å². The summed E-state index contributed by atoms with van der Waals surface area (Å²) < 4.78 is 9.01. The zero-order valence-corrected chi connectivity index (χ0v) is 27.7. The van der Waals surface area contributed by atoms with Crippen molar-refractivity contribution in [1.82, 2.24) is 5.32 Å². The Morgan fingerprint density at radius 3 is 2.02 bits per heavy atom. The fourth-order valence-electron chi connectivity index (χ4n) is 7.19. The van der Waals surface area contributed by atoms with Crippen LogP contribution in [0.4, 0.5) is 0 Å². The first-order chi connectivity index (χ1) is 24.8. The molecule has 7 aromatic carbocycles. The Labute approximate surface area is 292 Å². The Hall–Kier alpha value is -6.30. The van der Waals surface area contributed by atoms with E-state index in [1.807, 2.05) is 29.5 Å². The van der Waals surface area contributed by atoms with Crippen molar-refractivity contribution in [3.8, 4) is 22.3 Å². The van der Waals surface area contributed by atoms with Crippen LogP contribution in [0.3, 0.4) is 0 Å². The molecule has 1 unspecified atom stereocenters. The number of thiophene rings is 1. The maximum Gasteiger partial charge on any atom is 0.169 e. The molecule has 4 nitrogen and oxygen atoms in total. The second-order valence-electron chi connectivity index (χ2n) is 12.6. The van der Waals surface area contributed by atoms with Crippen LogP contribution in [0.1, 0.15) is 22.9 Å². The predicted octanol–water partition coefficient (Wildman–Crippen LogP) is 11.8. The maximum absolute atomic E-state index is 6.52. The van der Waals surface area contributed by atoms with E-state index in [2.05, 4.69) is 151 Å². The number of fused-ring (bicyclic) bond motifs is 6. The van der Waals surface area contributed by atoms with Gasteiger partial charge in [0, 0.05) is 47.6 Å². The van der Waals surface area contributed by atoms with Crippen molar-refractivity contribution >= 4 is 65.1 Å². The lowest BCUT2D eigenvalue weighted by Gasteiger charge is -2.23. The molecular formula is C45H29N3OS. The summed E-state index contributed by atoms with van der Waals surface area (Å²) in [5.41, 5.74) is 9.35. The summed E-state index contributed by atoms with van der Waals surface area (Å²) in [6.45, 7) is 0. The van der Waals surface area contributed by atoms with Crippen molar-refractivity contribution < 1.29 is 4.42 Å². The smallest absolute Gasteiger partial charge is 0.169 e. The second-order valence-corrected chi connectivity index (χ2v) is 13.7. The van der Waals surface area contributed by atoms with Crippen LogP contribution in [0.25, 0.3) is 64.4 Å². The molecule has 3 heterocycles. The highest BCUT2D eigenvalue weighted by molar-refractivity contribution is 7.25. The van der Waals surface area contributed by atoms with Gasteiger partial charge < -0.3 is 9.73 Å². The molecule has 0 saturated carbocycles. The van der Waals surface area contributed by atoms with Gasteiger partial charge >= 0.3 is 0 Å². The van der Waals surface area contributed by atoms with Crippen LogP contribution in [-0.2, 0) is 0 Å². The third-order valence-corrected chi connectivity index (χ3v) is 10.7. The number of rotatable bonds is 5. The number of benzene rings is 7. The van der Waals surface area contributed by atoms with E-state index in [0.717, 1.165) is 67.0 Å². The van der Waals surface area contributed by atoms with Crippen molar-refractivity contribution in [2.45, 2.75) is 6.17 Å². The maximum atomic E-state index is 6.52. The molecule has 1 atom stereocenters. The van der Waals surface area contributed by atoms with Gasteiger partial charge in [0.1, 0.15) is 22.8 Å². The van der Waals surface area contributed by atoms with Crippen molar-refractivity contribution in [2.75, 3.05) is 0 Å². The molecule has 236 valence electrons. The number of hydrogen-bond acceptors (Lipinski definition) is 5. The summed E-state index contributed by atoms with van der Waals surface area (Å²) in [6.07, 6.45) is -0.479. The third-order valence-electron chi connectivity index (χ3n) is 9.54. The summed E-state index contributed by atoms with van der Waals surface area (Å²) in [5, 5.41) is 8.31. The van der Waals surface area contributed by atoms with Gasteiger partial charge in [-0.25, -0.2) is 9.98 Å². The summed E-state index contributed by atoms with van der Waals surface area (Å²) in [7, 11) is 0. The van der Waals surface area contributed by atoms with E-state index < -0.39 is 6.17 Å². The van der Waals surface area contributed by atoms with Crippen molar-refractivity contribution in [3.63, 3.8) is 0 Å². The van der Waals surface area contributed by atoms with Gasteiger partial charge in [0.25, 0.3) is 0 Å². The zero-order chi connectivity index (χ0) is 33.0. The van der Waals surface area contributed by atoms with E-state index in [1.165, 1.54) is 25.7 Å². The number of amidine groups is 2. The highest BCUT2D eigenvalue weighted by Crippen LogP contribution is 2.40. The number of nitrogens with zero attached hydrogens (tertiary/aromatic N) is 2. The molecule has 5 heteroatoms. The van der Waals surface area contributed by atoms with E-state index in [0.29, 0.717) is 0 Å². The van der Waals surface area contributed by atoms with Gasteiger partial charge in [0.2, 0.25) is 0 Å². The summed E-state index contributed by atoms with van der Waals surface area (Å²) in [6, 6.07) is 57.3. The van der Waals surface area contributed by atoms with Crippen molar-refractivity contribution in [1.29, 1.82) is 0 Å².